The Hall–Kier alpha value is -2.36. The molecule has 0 unspecified atom stereocenters. The molecule has 2 aromatic heterocycles. The molecule has 0 bridgehead atoms. The summed E-state index contributed by atoms with van der Waals surface area (Å²) < 4.78 is 8.68. The van der Waals surface area contributed by atoms with Crippen LogP contribution in [0.1, 0.15) is 17.8 Å². The topological polar surface area (TPSA) is 81.9 Å². The molecule has 0 saturated heterocycles. The van der Waals surface area contributed by atoms with E-state index in [2.05, 4.69) is 43.0 Å². The van der Waals surface area contributed by atoms with Gasteiger partial charge in [0.05, 0.1) is 12.4 Å². The highest BCUT2D eigenvalue weighted by atomic mass is 79.9. The fourth-order valence-electron chi connectivity index (χ4n) is 2.87. The van der Waals surface area contributed by atoms with Gasteiger partial charge in [-0.3, -0.25) is 4.79 Å². The molecule has 1 N–H and O–H groups in total. The number of carbonyl (C=O) groups excluding carboxylic acids is 1. The van der Waals surface area contributed by atoms with Crippen molar-refractivity contribution in [3.05, 3.63) is 70.1 Å². The van der Waals surface area contributed by atoms with Crippen molar-refractivity contribution in [2.24, 2.45) is 0 Å². The molecule has 0 radical (unpaired) electrons. The number of hydrogen-bond acceptors (Lipinski definition) is 6. The molecular formula is C22H23BrClN5O2S. The van der Waals surface area contributed by atoms with Gasteiger partial charge in [0, 0.05) is 28.7 Å². The number of anilines is 1. The maximum atomic E-state index is 12.3. The molecule has 0 spiro atoms. The first-order valence-corrected chi connectivity index (χ1v) is 12.1. The molecule has 0 aliphatic heterocycles. The van der Waals surface area contributed by atoms with Crippen molar-refractivity contribution in [3.8, 4) is 5.75 Å². The molecule has 3 rings (SSSR count). The lowest BCUT2D eigenvalue weighted by Gasteiger charge is -2.10. The van der Waals surface area contributed by atoms with Gasteiger partial charge >= 0.3 is 0 Å². The van der Waals surface area contributed by atoms with Crippen LogP contribution < -0.4 is 10.1 Å². The number of allylic oxidation sites excluding steroid dienone is 1. The molecule has 2 heterocycles. The molecule has 0 aliphatic rings. The van der Waals surface area contributed by atoms with Crippen LogP contribution in [0.25, 0.3) is 0 Å². The molecule has 168 valence electrons. The van der Waals surface area contributed by atoms with Crippen LogP contribution in [0.4, 0.5) is 5.82 Å². The lowest BCUT2D eigenvalue weighted by molar-refractivity contribution is -0.113. The lowest BCUT2D eigenvalue weighted by Crippen LogP contribution is -2.15. The second-order valence-corrected chi connectivity index (χ2v) is 9.15. The Bertz CT molecular complexity index is 1070. The summed E-state index contributed by atoms with van der Waals surface area (Å²) in [6.07, 6.45) is 4.89. The van der Waals surface area contributed by atoms with Gasteiger partial charge in [-0.05, 0) is 65.2 Å². The summed E-state index contributed by atoms with van der Waals surface area (Å²) in [7, 11) is 0. The minimum absolute atomic E-state index is 0.161. The number of amides is 1. The van der Waals surface area contributed by atoms with Crippen LogP contribution in [-0.4, -0.2) is 38.0 Å². The van der Waals surface area contributed by atoms with Gasteiger partial charge in [-0.2, -0.15) is 0 Å². The van der Waals surface area contributed by atoms with Gasteiger partial charge in [0.2, 0.25) is 5.91 Å². The Kier molecular flexibility index (Phi) is 9.13. The van der Waals surface area contributed by atoms with Gasteiger partial charge in [-0.1, -0.05) is 29.4 Å². The normalized spacial score (nSPS) is 10.7. The first-order chi connectivity index (χ1) is 15.5. The third-order valence-corrected chi connectivity index (χ3v) is 6.04. The quantitative estimate of drug-likeness (QED) is 0.203. The summed E-state index contributed by atoms with van der Waals surface area (Å²) in [5, 5.41) is 12.7. The molecule has 1 amide bonds. The van der Waals surface area contributed by atoms with E-state index in [4.69, 9.17) is 16.3 Å². The van der Waals surface area contributed by atoms with Gasteiger partial charge < -0.3 is 14.6 Å². The van der Waals surface area contributed by atoms with Crippen molar-refractivity contribution in [1.82, 2.24) is 19.7 Å². The van der Waals surface area contributed by atoms with E-state index in [1.54, 1.807) is 18.3 Å². The van der Waals surface area contributed by atoms with Crippen LogP contribution in [0.5, 0.6) is 5.75 Å². The molecule has 7 nitrogen and oxygen atoms in total. The molecule has 0 aliphatic carbocycles. The number of carbonyl (C=O) groups is 1. The van der Waals surface area contributed by atoms with E-state index in [0.717, 1.165) is 28.0 Å². The predicted octanol–water partition coefficient (Wildman–Crippen LogP) is 5.33. The van der Waals surface area contributed by atoms with Gasteiger partial charge in [-0.25, -0.2) is 4.98 Å². The summed E-state index contributed by atoms with van der Waals surface area (Å²) in [6, 6.07) is 9.13. The zero-order valence-corrected chi connectivity index (χ0v) is 20.7. The molecule has 3 aromatic rings. The number of rotatable bonds is 11. The Morgan fingerprint density at radius 1 is 1.34 bits per heavy atom. The lowest BCUT2D eigenvalue weighted by atomic mass is 10.2. The zero-order chi connectivity index (χ0) is 22.9. The summed E-state index contributed by atoms with van der Waals surface area (Å²) in [5.74, 6) is 2.20. The van der Waals surface area contributed by atoms with E-state index in [1.807, 2.05) is 35.8 Å². The smallest absolute Gasteiger partial charge is 0.236 e. The molecule has 0 saturated carbocycles. The molecule has 0 fully saturated rings. The van der Waals surface area contributed by atoms with Crippen molar-refractivity contribution < 1.29 is 9.53 Å². The third-order valence-electron chi connectivity index (χ3n) is 4.37. The number of ether oxygens (including phenoxy) is 1. The van der Waals surface area contributed by atoms with Gasteiger partial charge in [0.1, 0.15) is 17.4 Å². The minimum atomic E-state index is -0.161. The fourth-order valence-corrected chi connectivity index (χ4v) is 4.10. The van der Waals surface area contributed by atoms with Crippen molar-refractivity contribution in [2.45, 2.75) is 31.5 Å². The Morgan fingerprint density at radius 3 is 2.91 bits per heavy atom. The monoisotopic (exact) mass is 535 g/mol. The number of benzene rings is 1. The minimum Gasteiger partial charge on any atom is -0.493 e. The third kappa shape index (κ3) is 7.08. The number of nitrogens with zero attached hydrogens (tertiary/aromatic N) is 4. The summed E-state index contributed by atoms with van der Waals surface area (Å²) in [5.41, 5.74) is 1.00. The van der Waals surface area contributed by atoms with Crippen molar-refractivity contribution in [1.29, 1.82) is 0 Å². The molecule has 10 heteroatoms. The Labute approximate surface area is 204 Å². The van der Waals surface area contributed by atoms with E-state index in [0.29, 0.717) is 35.6 Å². The average Bonchev–Trinajstić information content (AvgIpc) is 3.14. The second kappa shape index (κ2) is 12.0. The van der Waals surface area contributed by atoms with E-state index < -0.39 is 0 Å². The second-order valence-electron chi connectivity index (χ2n) is 6.86. The maximum Gasteiger partial charge on any atom is 0.236 e. The highest BCUT2D eigenvalue weighted by Gasteiger charge is 2.14. The first kappa shape index (κ1) is 24.3. The SMILES string of the molecule is C=CCn1c(CCCOc2ccc(Cl)cc2C)nnc1SCC(=O)Nc1ccc(Br)cn1. The Balaban J connectivity index is 1.52. The van der Waals surface area contributed by atoms with E-state index in [9.17, 15) is 4.79 Å². The number of thioether (sulfide) groups is 1. The maximum absolute atomic E-state index is 12.3. The van der Waals surface area contributed by atoms with Crippen LogP contribution in [0, 0.1) is 6.92 Å². The van der Waals surface area contributed by atoms with Gasteiger partial charge in [-0.15, -0.1) is 16.8 Å². The van der Waals surface area contributed by atoms with Crippen molar-refractivity contribution in [3.63, 3.8) is 0 Å². The molecule has 0 atom stereocenters. The number of hydrogen-bond donors (Lipinski definition) is 1. The highest BCUT2D eigenvalue weighted by Crippen LogP contribution is 2.22. The number of pyridine rings is 1. The molecular weight excluding hydrogens is 514 g/mol. The van der Waals surface area contributed by atoms with E-state index in [-0.39, 0.29) is 11.7 Å². The summed E-state index contributed by atoms with van der Waals surface area (Å²) in [4.78, 5) is 16.4. The van der Waals surface area contributed by atoms with E-state index >= 15 is 0 Å². The van der Waals surface area contributed by atoms with Crippen LogP contribution in [0.3, 0.4) is 0 Å². The molecule has 32 heavy (non-hydrogen) atoms. The van der Waals surface area contributed by atoms with Crippen molar-refractivity contribution >= 4 is 51.0 Å². The first-order valence-electron chi connectivity index (χ1n) is 9.92. The highest BCUT2D eigenvalue weighted by molar-refractivity contribution is 9.10. The number of halogens is 2. The van der Waals surface area contributed by atoms with Gasteiger partial charge in [0.25, 0.3) is 0 Å². The van der Waals surface area contributed by atoms with Crippen LogP contribution in [0.2, 0.25) is 5.02 Å². The summed E-state index contributed by atoms with van der Waals surface area (Å²) in [6.45, 7) is 6.90. The van der Waals surface area contributed by atoms with Gasteiger partial charge in [0.15, 0.2) is 5.16 Å². The fraction of sp³-hybridized carbons (Fsp3) is 0.273. The summed E-state index contributed by atoms with van der Waals surface area (Å²) >= 11 is 10.6. The largest absolute Gasteiger partial charge is 0.493 e. The zero-order valence-electron chi connectivity index (χ0n) is 17.6. The Morgan fingerprint density at radius 2 is 2.19 bits per heavy atom. The van der Waals surface area contributed by atoms with Crippen molar-refractivity contribution in [2.75, 3.05) is 17.7 Å². The number of aryl methyl sites for hydroxylation is 2. The predicted molar refractivity (Wildman–Crippen MR) is 132 cm³/mol. The van der Waals surface area contributed by atoms with Crippen LogP contribution in [-0.2, 0) is 17.8 Å². The van der Waals surface area contributed by atoms with E-state index in [1.165, 1.54) is 11.8 Å². The standard InChI is InChI=1S/C22H23BrClN5O2S/c1-3-10-29-20(5-4-11-31-18-8-7-17(24)12-15(18)2)27-28-22(29)32-14-21(30)26-19-9-6-16(23)13-25-19/h3,6-9,12-13H,1,4-5,10-11,14H2,2H3,(H,25,26,30). The van der Waals surface area contributed by atoms with Crippen LogP contribution >= 0.6 is 39.3 Å². The van der Waals surface area contributed by atoms with Crippen LogP contribution in [0.15, 0.2) is 58.8 Å². The average molecular weight is 537 g/mol. The number of aromatic nitrogens is 4. The number of nitrogens with one attached hydrogen (secondary N) is 1. The molecule has 1 aromatic carbocycles.